The molecule has 0 saturated heterocycles. The van der Waals surface area contributed by atoms with Gasteiger partial charge in [-0.1, -0.05) is 6.07 Å². The average Bonchev–Trinajstić information content (AvgIpc) is 2.71. The summed E-state index contributed by atoms with van der Waals surface area (Å²) in [4.78, 5) is 16.0. The number of hydrogen-bond donors (Lipinski definition) is 2. The van der Waals surface area contributed by atoms with Crippen LogP contribution in [-0.4, -0.2) is 20.8 Å². The summed E-state index contributed by atoms with van der Waals surface area (Å²) in [6.45, 7) is 6.37. The van der Waals surface area contributed by atoms with Crippen molar-refractivity contribution in [3.05, 3.63) is 47.0 Å². The first-order valence-electron chi connectivity index (χ1n) is 6.92. The number of pyridine rings is 1. The second kappa shape index (κ2) is 6.39. The maximum Gasteiger partial charge on any atom is 0.315 e. The summed E-state index contributed by atoms with van der Waals surface area (Å²) < 4.78 is 1.83. The molecule has 0 spiro atoms. The number of nitrogens with one attached hydrogen (secondary N) is 2. The van der Waals surface area contributed by atoms with Crippen LogP contribution in [0.4, 0.5) is 4.79 Å². The van der Waals surface area contributed by atoms with Gasteiger partial charge in [0.15, 0.2) is 0 Å². The van der Waals surface area contributed by atoms with E-state index >= 15 is 0 Å². The Hall–Kier alpha value is -2.37. The lowest BCUT2D eigenvalue weighted by Gasteiger charge is -2.15. The van der Waals surface area contributed by atoms with Crippen LogP contribution in [0.15, 0.2) is 24.5 Å². The highest BCUT2D eigenvalue weighted by atomic mass is 16.2. The van der Waals surface area contributed by atoms with Crippen molar-refractivity contribution in [1.29, 1.82) is 0 Å². The summed E-state index contributed by atoms with van der Waals surface area (Å²) in [5.74, 6) is 0. The van der Waals surface area contributed by atoms with Gasteiger partial charge >= 0.3 is 6.03 Å². The summed E-state index contributed by atoms with van der Waals surface area (Å²) in [6.07, 6.45) is 3.44. The first-order valence-corrected chi connectivity index (χ1v) is 6.92. The van der Waals surface area contributed by atoms with Gasteiger partial charge in [-0.25, -0.2) is 4.79 Å². The van der Waals surface area contributed by atoms with Gasteiger partial charge in [0, 0.05) is 37.2 Å². The van der Waals surface area contributed by atoms with E-state index in [2.05, 4.69) is 20.7 Å². The Morgan fingerprint density at radius 1 is 1.43 bits per heavy atom. The van der Waals surface area contributed by atoms with E-state index in [1.54, 1.807) is 12.4 Å². The third-order valence-corrected chi connectivity index (χ3v) is 3.52. The molecule has 0 radical (unpaired) electrons. The van der Waals surface area contributed by atoms with E-state index in [4.69, 9.17) is 0 Å². The molecular weight excluding hydrogens is 266 g/mol. The van der Waals surface area contributed by atoms with Crippen molar-refractivity contribution in [3.8, 4) is 0 Å². The molecule has 6 heteroatoms. The topological polar surface area (TPSA) is 71.8 Å². The van der Waals surface area contributed by atoms with E-state index in [1.165, 1.54) is 0 Å². The first-order chi connectivity index (χ1) is 9.99. The van der Waals surface area contributed by atoms with E-state index in [0.29, 0.717) is 6.54 Å². The van der Waals surface area contributed by atoms with Crippen molar-refractivity contribution < 1.29 is 4.79 Å². The summed E-state index contributed by atoms with van der Waals surface area (Å²) in [7, 11) is 1.90. The minimum absolute atomic E-state index is 0.0902. The number of nitrogens with zero attached hydrogens (tertiary/aromatic N) is 3. The van der Waals surface area contributed by atoms with Crippen LogP contribution >= 0.6 is 0 Å². The lowest BCUT2D eigenvalue weighted by molar-refractivity contribution is 0.237. The summed E-state index contributed by atoms with van der Waals surface area (Å²) in [5.41, 5.74) is 4.03. The molecule has 2 aromatic rings. The molecule has 21 heavy (non-hydrogen) atoms. The van der Waals surface area contributed by atoms with Crippen LogP contribution in [0, 0.1) is 13.8 Å². The van der Waals surface area contributed by atoms with Crippen LogP contribution in [-0.2, 0) is 13.6 Å². The molecule has 2 aromatic heterocycles. The molecule has 2 rings (SSSR count). The fraction of sp³-hybridized carbons (Fsp3) is 0.400. The fourth-order valence-electron chi connectivity index (χ4n) is 2.42. The van der Waals surface area contributed by atoms with E-state index in [-0.39, 0.29) is 12.1 Å². The number of aryl methyl sites for hydroxylation is 2. The van der Waals surface area contributed by atoms with E-state index < -0.39 is 0 Å². The molecule has 2 amide bonds. The minimum Gasteiger partial charge on any atom is -0.334 e. The standard InChI is InChI=1S/C15H21N5O/c1-10(14-11(2)19-20(4)12(14)3)18-15(21)17-9-13-6-5-7-16-8-13/h5-8,10H,9H2,1-4H3,(H2,17,18,21)/t10-/m1/s1. The summed E-state index contributed by atoms with van der Waals surface area (Å²) in [6, 6.07) is 3.48. The lowest BCUT2D eigenvalue weighted by Crippen LogP contribution is -2.37. The molecule has 0 aliphatic carbocycles. The normalized spacial score (nSPS) is 12.0. The molecule has 0 unspecified atom stereocenters. The van der Waals surface area contributed by atoms with Crippen molar-refractivity contribution in [1.82, 2.24) is 25.4 Å². The second-order valence-electron chi connectivity index (χ2n) is 5.12. The van der Waals surface area contributed by atoms with Crippen LogP contribution in [0.2, 0.25) is 0 Å². The van der Waals surface area contributed by atoms with Gasteiger partial charge in [0.05, 0.1) is 11.7 Å². The zero-order chi connectivity index (χ0) is 15.4. The maximum absolute atomic E-state index is 12.0. The number of carbonyl (C=O) groups excluding carboxylic acids is 1. The highest BCUT2D eigenvalue weighted by molar-refractivity contribution is 5.74. The highest BCUT2D eigenvalue weighted by Gasteiger charge is 2.17. The molecule has 0 aliphatic rings. The molecular formula is C15H21N5O. The van der Waals surface area contributed by atoms with Gasteiger partial charge in [-0.2, -0.15) is 5.10 Å². The number of hydrogen-bond acceptors (Lipinski definition) is 3. The predicted octanol–water partition coefficient (Wildman–Crippen LogP) is 1.99. The van der Waals surface area contributed by atoms with Crippen molar-refractivity contribution in [2.24, 2.45) is 7.05 Å². The lowest BCUT2D eigenvalue weighted by atomic mass is 10.1. The van der Waals surface area contributed by atoms with Gasteiger partial charge < -0.3 is 10.6 Å². The van der Waals surface area contributed by atoms with Crippen molar-refractivity contribution in [2.45, 2.75) is 33.4 Å². The zero-order valence-corrected chi connectivity index (χ0v) is 12.8. The van der Waals surface area contributed by atoms with Crippen molar-refractivity contribution >= 4 is 6.03 Å². The third kappa shape index (κ3) is 3.59. The molecule has 6 nitrogen and oxygen atoms in total. The molecule has 2 N–H and O–H groups in total. The Bertz CT molecular complexity index is 620. The van der Waals surface area contributed by atoms with E-state index in [0.717, 1.165) is 22.5 Å². The summed E-state index contributed by atoms with van der Waals surface area (Å²) >= 11 is 0. The second-order valence-corrected chi connectivity index (χ2v) is 5.12. The van der Waals surface area contributed by atoms with Gasteiger partial charge in [0.25, 0.3) is 0 Å². The Morgan fingerprint density at radius 2 is 2.19 bits per heavy atom. The molecule has 2 heterocycles. The van der Waals surface area contributed by atoms with Crippen LogP contribution in [0.25, 0.3) is 0 Å². The monoisotopic (exact) mass is 287 g/mol. The van der Waals surface area contributed by atoms with Gasteiger partial charge in [-0.15, -0.1) is 0 Å². The molecule has 0 aliphatic heterocycles. The van der Waals surface area contributed by atoms with Gasteiger partial charge in [-0.3, -0.25) is 9.67 Å². The van der Waals surface area contributed by atoms with Gasteiger partial charge in [-0.05, 0) is 32.4 Å². The summed E-state index contributed by atoms with van der Waals surface area (Å²) in [5, 5.41) is 10.1. The van der Waals surface area contributed by atoms with Crippen molar-refractivity contribution in [2.75, 3.05) is 0 Å². The SMILES string of the molecule is Cc1nn(C)c(C)c1[C@@H](C)NC(=O)NCc1cccnc1. The Morgan fingerprint density at radius 3 is 2.76 bits per heavy atom. The van der Waals surface area contributed by atoms with Crippen LogP contribution in [0.1, 0.15) is 35.5 Å². The smallest absolute Gasteiger partial charge is 0.315 e. The minimum atomic E-state index is -0.200. The molecule has 112 valence electrons. The average molecular weight is 287 g/mol. The highest BCUT2D eigenvalue weighted by Crippen LogP contribution is 2.20. The largest absolute Gasteiger partial charge is 0.334 e. The molecule has 0 fully saturated rings. The van der Waals surface area contributed by atoms with Gasteiger partial charge in [0.1, 0.15) is 0 Å². The number of amides is 2. The van der Waals surface area contributed by atoms with Crippen LogP contribution in [0.5, 0.6) is 0 Å². The fourth-order valence-corrected chi connectivity index (χ4v) is 2.42. The molecule has 1 atom stereocenters. The predicted molar refractivity (Wildman–Crippen MR) is 80.7 cm³/mol. The number of rotatable bonds is 4. The van der Waals surface area contributed by atoms with Crippen LogP contribution < -0.4 is 10.6 Å². The van der Waals surface area contributed by atoms with Gasteiger partial charge in [0.2, 0.25) is 0 Å². The number of carbonyl (C=O) groups is 1. The van der Waals surface area contributed by atoms with E-state index in [1.807, 2.05) is 44.6 Å². The van der Waals surface area contributed by atoms with Crippen molar-refractivity contribution in [3.63, 3.8) is 0 Å². The first kappa shape index (κ1) is 15.0. The number of aromatic nitrogens is 3. The Kier molecular flexibility index (Phi) is 4.57. The quantitative estimate of drug-likeness (QED) is 0.903. The Balaban J connectivity index is 1.93. The zero-order valence-electron chi connectivity index (χ0n) is 12.8. The third-order valence-electron chi connectivity index (χ3n) is 3.52. The number of urea groups is 1. The molecule has 0 aromatic carbocycles. The van der Waals surface area contributed by atoms with E-state index in [9.17, 15) is 4.79 Å². The Labute approximate surface area is 124 Å². The maximum atomic E-state index is 12.0. The molecule has 0 bridgehead atoms. The van der Waals surface area contributed by atoms with Crippen LogP contribution in [0.3, 0.4) is 0 Å². The molecule has 0 saturated carbocycles.